The van der Waals surface area contributed by atoms with Crippen LogP contribution in [0.3, 0.4) is 0 Å². The molecule has 0 fully saturated rings. The van der Waals surface area contributed by atoms with E-state index < -0.39 is 0 Å². The van der Waals surface area contributed by atoms with E-state index in [2.05, 4.69) is 170 Å². The molecule has 0 amide bonds. The van der Waals surface area contributed by atoms with Gasteiger partial charge in [0.05, 0.1) is 0 Å². The second-order valence-corrected chi connectivity index (χ2v) is 11.6. The minimum Gasteiger partial charge on any atom is -0.455 e. The molecule has 0 bridgehead atoms. The lowest BCUT2D eigenvalue weighted by Crippen LogP contribution is -1.91. The van der Waals surface area contributed by atoms with Gasteiger partial charge in [0.15, 0.2) is 0 Å². The van der Waals surface area contributed by atoms with E-state index in [0.29, 0.717) is 0 Å². The molecule has 0 saturated heterocycles. The van der Waals surface area contributed by atoms with Crippen LogP contribution < -0.4 is 0 Å². The van der Waals surface area contributed by atoms with Gasteiger partial charge in [-0.2, -0.15) is 0 Å². The third-order valence-electron chi connectivity index (χ3n) is 9.09. The third-order valence-corrected chi connectivity index (χ3v) is 9.09. The fourth-order valence-electron chi connectivity index (χ4n) is 7.07. The summed E-state index contributed by atoms with van der Waals surface area (Å²) >= 11 is 0. The fourth-order valence-corrected chi connectivity index (χ4v) is 7.07. The summed E-state index contributed by atoms with van der Waals surface area (Å²) in [5, 5.41) is 7.19. The molecule has 210 valence electrons. The van der Waals surface area contributed by atoms with Crippen molar-refractivity contribution in [2.45, 2.75) is 0 Å². The van der Waals surface area contributed by atoms with E-state index in [1.807, 2.05) is 0 Å². The van der Waals surface area contributed by atoms with E-state index in [9.17, 15) is 0 Å². The lowest BCUT2D eigenvalue weighted by molar-refractivity contribution is 0.670. The lowest BCUT2D eigenvalue weighted by Gasteiger charge is -2.18. The van der Waals surface area contributed by atoms with E-state index in [1.54, 1.807) is 0 Å². The molecule has 9 rings (SSSR count). The van der Waals surface area contributed by atoms with Crippen LogP contribution in [0, 0.1) is 0 Å². The smallest absolute Gasteiger partial charge is 0.143 e. The number of rotatable bonds is 4. The summed E-state index contributed by atoms with van der Waals surface area (Å²) in [5.41, 5.74) is 11.4. The maximum absolute atomic E-state index is 6.81. The van der Waals surface area contributed by atoms with E-state index in [1.165, 1.54) is 60.5 Å². The predicted molar refractivity (Wildman–Crippen MR) is 190 cm³/mol. The average molecular weight is 573 g/mol. The van der Waals surface area contributed by atoms with Crippen molar-refractivity contribution in [1.82, 2.24) is 0 Å². The molecule has 0 radical (unpaired) electrons. The zero-order chi connectivity index (χ0) is 29.7. The summed E-state index contributed by atoms with van der Waals surface area (Å²) in [7, 11) is 0. The van der Waals surface area contributed by atoms with Crippen LogP contribution in [-0.2, 0) is 0 Å². The Morgan fingerprint density at radius 3 is 1.36 bits per heavy atom. The van der Waals surface area contributed by atoms with E-state index in [0.717, 1.165) is 27.5 Å². The van der Waals surface area contributed by atoms with Gasteiger partial charge < -0.3 is 4.42 Å². The van der Waals surface area contributed by atoms with Crippen LogP contribution in [0.5, 0.6) is 0 Å². The van der Waals surface area contributed by atoms with Crippen molar-refractivity contribution in [3.8, 4) is 44.5 Å². The monoisotopic (exact) mass is 572 g/mol. The van der Waals surface area contributed by atoms with Crippen LogP contribution in [0.2, 0.25) is 0 Å². The Hall–Kier alpha value is -5.92. The molecule has 1 nitrogen and oxygen atoms in total. The number of benzene rings is 8. The first-order valence-electron chi connectivity index (χ1n) is 15.4. The summed E-state index contributed by atoms with van der Waals surface area (Å²) in [6.07, 6.45) is 0. The molecule has 45 heavy (non-hydrogen) atoms. The molecule has 1 heterocycles. The fraction of sp³-hybridized carbons (Fsp3) is 0. The molecule has 0 N–H and O–H groups in total. The summed E-state index contributed by atoms with van der Waals surface area (Å²) in [6, 6.07) is 60.8. The van der Waals surface area contributed by atoms with E-state index in [-0.39, 0.29) is 0 Å². The van der Waals surface area contributed by atoms with Gasteiger partial charge in [-0.25, -0.2) is 0 Å². The molecular formula is C44H28O. The average Bonchev–Trinajstić information content (AvgIpc) is 3.51. The zero-order valence-electron chi connectivity index (χ0n) is 24.6. The SMILES string of the molecule is c1ccc(-c2ccc(-c3ccc(-c4c5ccccc5c(-c5ccccc5)c5ccccc45)c4oc5ccccc5c34)cc2)cc1. The summed E-state index contributed by atoms with van der Waals surface area (Å²) in [6.45, 7) is 0. The number of furan rings is 1. The Bertz CT molecular complexity index is 2450. The first-order chi connectivity index (χ1) is 22.3. The maximum Gasteiger partial charge on any atom is 0.143 e. The maximum atomic E-state index is 6.81. The van der Waals surface area contributed by atoms with Crippen molar-refractivity contribution < 1.29 is 4.42 Å². The topological polar surface area (TPSA) is 13.1 Å². The molecule has 0 aliphatic rings. The Labute approximate surface area is 261 Å². The number of fused-ring (bicyclic) bond motifs is 5. The van der Waals surface area contributed by atoms with E-state index in [4.69, 9.17) is 4.42 Å². The van der Waals surface area contributed by atoms with Gasteiger partial charge in [0, 0.05) is 21.9 Å². The van der Waals surface area contributed by atoms with Crippen LogP contribution in [0.25, 0.3) is 88.0 Å². The van der Waals surface area contributed by atoms with Crippen molar-refractivity contribution in [3.05, 3.63) is 170 Å². The van der Waals surface area contributed by atoms with Crippen LogP contribution in [0.1, 0.15) is 0 Å². The molecule has 0 aliphatic heterocycles. The molecule has 0 saturated carbocycles. The summed E-state index contributed by atoms with van der Waals surface area (Å²) < 4.78 is 6.81. The zero-order valence-corrected chi connectivity index (χ0v) is 24.6. The second-order valence-electron chi connectivity index (χ2n) is 11.6. The molecule has 1 heteroatoms. The Morgan fingerprint density at radius 2 is 0.733 bits per heavy atom. The summed E-state index contributed by atoms with van der Waals surface area (Å²) in [4.78, 5) is 0. The quantitative estimate of drug-likeness (QED) is 0.191. The van der Waals surface area contributed by atoms with Crippen molar-refractivity contribution in [1.29, 1.82) is 0 Å². The number of para-hydroxylation sites is 1. The third kappa shape index (κ3) is 4.09. The summed E-state index contributed by atoms with van der Waals surface area (Å²) in [5.74, 6) is 0. The standard InChI is InChI=1S/C44H28O/c1-3-13-29(14-4-1)30-23-25-31(26-24-30)33-27-28-39(44-43(33)38-21-11-12-22-40(38)45-44)42-36-19-9-7-17-34(36)41(32-15-5-2-6-16-32)35-18-8-10-20-37(35)42/h1-28H. The van der Waals surface area contributed by atoms with E-state index >= 15 is 0 Å². The van der Waals surface area contributed by atoms with Crippen LogP contribution >= 0.6 is 0 Å². The number of hydrogen-bond acceptors (Lipinski definition) is 1. The minimum atomic E-state index is 0.900. The molecule has 0 atom stereocenters. The molecule has 8 aromatic carbocycles. The van der Waals surface area contributed by atoms with Gasteiger partial charge in [-0.1, -0.05) is 158 Å². The highest BCUT2D eigenvalue weighted by atomic mass is 16.3. The largest absolute Gasteiger partial charge is 0.455 e. The number of hydrogen-bond donors (Lipinski definition) is 0. The highest BCUT2D eigenvalue weighted by Crippen LogP contribution is 2.48. The molecular weight excluding hydrogens is 544 g/mol. The van der Waals surface area contributed by atoms with Gasteiger partial charge in [0.2, 0.25) is 0 Å². The molecule has 0 spiro atoms. The lowest BCUT2D eigenvalue weighted by atomic mass is 9.85. The van der Waals surface area contributed by atoms with Gasteiger partial charge in [0.25, 0.3) is 0 Å². The van der Waals surface area contributed by atoms with Gasteiger partial charge in [-0.05, 0) is 67.1 Å². The van der Waals surface area contributed by atoms with Gasteiger partial charge in [-0.15, -0.1) is 0 Å². The second kappa shape index (κ2) is 10.4. The normalized spacial score (nSPS) is 11.6. The van der Waals surface area contributed by atoms with Crippen molar-refractivity contribution in [2.24, 2.45) is 0 Å². The Kier molecular flexibility index (Phi) is 5.89. The van der Waals surface area contributed by atoms with Crippen molar-refractivity contribution >= 4 is 43.5 Å². The molecule has 9 aromatic rings. The molecule has 1 aromatic heterocycles. The molecule has 0 aliphatic carbocycles. The van der Waals surface area contributed by atoms with Crippen molar-refractivity contribution in [3.63, 3.8) is 0 Å². The van der Waals surface area contributed by atoms with Gasteiger partial charge in [0.1, 0.15) is 11.2 Å². The van der Waals surface area contributed by atoms with Crippen molar-refractivity contribution in [2.75, 3.05) is 0 Å². The van der Waals surface area contributed by atoms with Gasteiger partial charge >= 0.3 is 0 Å². The first-order valence-corrected chi connectivity index (χ1v) is 15.4. The Balaban J connectivity index is 1.34. The predicted octanol–water partition coefficient (Wildman–Crippen LogP) is 12.6. The highest BCUT2D eigenvalue weighted by Gasteiger charge is 2.22. The van der Waals surface area contributed by atoms with Gasteiger partial charge in [-0.3, -0.25) is 0 Å². The van der Waals surface area contributed by atoms with Crippen LogP contribution in [-0.4, -0.2) is 0 Å². The minimum absolute atomic E-state index is 0.900. The first kappa shape index (κ1) is 25.6. The van der Waals surface area contributed by atoms with Crippen LogP contribution in [0.15, 0.2) is 174 Å². The highest BCUT2D eigenvalue weighted by molar-refractivity contribution is 6.25. The molecule has 0 unspecified atom stereocenters. The van der Waals surface area contributed by atoms with Crippen LogP contribution in [0.4, 0.5) is 0 Å². The Morgan fingerprint density at radius 1 is 0.289 bits per heavy atom.